The molecule has 0 atom stereocenters. The van der Waals surface area contributed by atoms with Crippen LogP contribution in [0.5, 0.6) is 17.2 Å². The predicted octanol–water partition coefficient (Wildman–Crippen LogP) is 4.27. The Labute approximate surface area is 176 Å². The molecule has 1 saturated heterocycles. The van der Waals surface area contributed by atoms with E-state index in [-0.39, 0.29) is 5.92 Å². The highest BCUT2D eigenvalue weighted by Crippen LogP contribution is 2.37. The van der Waals surface area contributed by atoms with E-state index in [9.17, 15) is 0 Å². The summed E-state index contributed by atoms with van der Waals surface area (Å²) < 4.78 is 28.3. The quantitative estimate of drug-likeness (QED) is 0.606. The lowest BCUT2D eigenvalue weighted by molar-refractivity contribution is 0.101. The van der Waals surface area contributed by atoms with Gasteiger partial charge in [-0.25, -0.2) is 4.98 Å². The first-order chi connectivity index (χ1) is 14.7. The molecular formula is C24H27NO5. The topological polar surface area (TPSA) is 59.0 Å². The highest BCUT2D eigenvalue weighted by molar-refractivity contribution is 5.98. The standard InChI is InChI=1S/C24H27NO5/c1-16-4-5-22-21(6-7-23(27-3)24(22)25-16)18-10-19(26-2)12-20(11-18)30-15-17-13-28-8-9-29-14-17/h4-7,10-12,17H,8-9,13-15H2,1-3H3. The molecule has 1 fully saturated rings. The van der Waals surface area contributed by atoms with Gasteiger partial charge in [-0.3, -0.25) is 0 Å². The zero-order valence-corrected chi connectivity index (χ0v) is 17.6. The summed E-state index contributed by atoms with van der Waals surface area (Å²) in [6.45, 7) is 5.06. The number of rotatable bonds is 6. The van der Waals surface area contributed by atoms with Crippen LogP contribution in [0.3, 0.4) is 0 Å². The maximum absolute atomic E-state index is 6.10. The highest BCUT2D eigenvalue weighted by atomic mass is 16.5. The number of aryl methyl sites for hydroxylation is 1. The Morgan fingerprint density at radius 3 is 2.43 bits per heavy atom. The second-order valence-electron chi connectivity index (χ2n) is 7.39. The lowest BCUT2D eigenvalue weighted by Gasteiger charge is -2.17. The molecular weight excluding hydrogens is 382 g/mol. The summed E-state index contributed by atoms with van der Waals surface area (Å²) in [4.78, 5) is 4.69. The van der Waals surface area contributed by atoms with Crippen LogP contribution in [0.25, 0.3) is 22.0 Å². The molecule has 0 radical (unpaired) electrons. The van der Waals surface area contributed by atoms with E-state index in [2.05, 4.69) is 11.1 Å². The number of methoxy groups -OCH3 is 2. The highest BCUT2D eigenvalue weighted by Gasteiger charge is 2.16. The third-order valence-corrected chi connectivity index (χ3v) is 5.17. The second kappa shape index (κ2) is 9.32. The minimum Gasteiger partial charge on any atom is -0.497 e. The zero-order chi connectivity index (χ0) is 20.9. The number of benzene rings is 2. The fraction of sp³-hybridized carbons (Fsp3) is 0.375. The van der Waals surface area contributed by atoms with Crippen molar-refractivity contribution in [3.63, 3.8) is 0 Å². The van der Waals surface area contributed by atoms with E-state index in [1.807, 2.05) is 43.3 Å². The monoisotopic (exact) mass is 409 g/mol. The maximum Gasteiger partial charge on any atom is 0.145 e. The van der Waals surface area contributed by atoms with Crippen molar-refractivity contribution in [2.75, 3.05) is 47.3 Å². The molecule has 6 heteroatoms. The Morgan fingerprint density at radius 1 is 0.933 bits per heavy atom. The molecule has 2 heterocycles. The molecule has 0 unspecified atom stereocenters. The van der Waals surface area contributed by atoms with Crippen molar-refractivity contribution in [3.8, 4) is 28.4 Å². The minimum absolute atomic E-state index is 0.205. The molecule has 0 bridgehead atoms. The number of hydrogen-bond acceptors (Lipinski definition) is 6. The number of hydrogen-bond donors (Lipinski definition) is 0. The van der Waals surface area contributed by atoms with Crippen LogP contribution in [0, 0.1) is 12.8 Å². The fourth-order valence-corrected chi connectivity index (χ4v) is 3.61. The van der Waals surface area contributed by atoms with E-state index in [1.165, 1.54) is 0 Å². The lowest BCUT2D eigenvalue weighted by atomic mass is 9.99. The fourth-order valence-electron chi connectivity index (χ4n) is 3.61. The molecule has 0 amide bonds. The van der Waals surface area contributed by atoms with E-state index in [0.717, 1.165) is 45.0 Å². The SMILES string of the molecule is COc1cc(OCC2COCCOC2)cc(-c2ccc(OC)c3nc(C)ccc23)c1. The number of nitrogens with zero attached hydrogens (tertiary/aromatic N) is 1. The second-order valence-corrected chi connectivity index (χ2v) is 7.39. The van der Waals surface area contributed by atoms with E-state index in [4.69, 9.17) is 23.7 Å². The van der Waals surface area contributed by atoms with Gasteiger partial charge in [-0.15, -0.1) is 0 Å². The van der Waals surface area contributed by atoms with Crippen molar-refractivity contribution in [1.29, 1.82) is 0 Å². The maximum atomic E-state index is 6.10. The third-order valence-electron chi connectivity index (χ3n) is 5.17. The van der Waals surface area contributed by atoms with Crippen molar-refractivity contribution in [1.82, 2.24) is 4.98 Å². The Balaban J connectivity index is 1.68. The van der Waals surface area contributed by atoms with E-state index < -0.39 is 0 Å². The summed E-state index contributed by atoms with van der Waals surface area (Å²) in [6.07, 6.45) is 0. The van der Waals surface area contributed by atoms with Gasteiger partial charge in [0.05, 0.1) is 47.3 Å². The van der Waals surface area contributed by atoms with Gasteiger partial charge >= 0.3 is 0 Å². The number of ether oxygens (including phenoxy) is 5. The molecule has 158 valence electrons. The summed E-state index contributed by atoms with van der Waals surface area (Å²) in [5.41, 5.74) is 3.83. The molecule has 1 aliphatic heterocycles. The Kier molecular flexibility index (Phi) is 6.35. The smallest absolute Gasteiger partial charge is 0.145 e. The molecule has 1 aliphatic rings. The van der Waals surface area contributed by atoms with Crippen LogP contribution in [-0.4, -0.2) is 52.2 Å². The van der Waals surface area contributed by atoms with Crippen molar-refractivity contribution >= 4 is 10.9 Å². The lowest BCUT2D eigenvalue weighted by Crippen LogP contribution is -2.20. The molecule has 2 aromatic carbocycles. The first-order valence-electron chi connectivity index (χ1n) is 10.1. The van der Waals surface area contributed by atoms with Crippen LogP contribution in [0.15, 0.2) is 42.5 Å². The largest absolute Gasteiger partial charge is 0.497 e. The summed E-state index contributed by atoms with van der Waals surface area (Å²) in [6, 6.07) is 14.0. The van der Waals surface area contributed by atoms with Gasteiger partial charge in [0.1, 0.15) is 22.8 Å². The Bertz CT molecular complexity index is 1010. The molecule has 0 aliphatic carbocycles. The van der Waals surface area contributed by atoms with Crippen molar-refractivity contribution in [2.24, 2.45) is 5.92 Å². The normalized spacial score (nSPS) is 15.0. The van der Waals surface area contributed by atoms with Crippen molar-refractivity contribution < 1.29 is 23.7 Å². The van der Waals surface area contributed by atoms with E-state index >= 15 is 0 Å². The van der Waals surface area contributed by atoms with Crippen LogP contribution >= 0.6 is 0 Å². The van der Waals surface area contributed by atoms with Gasteiger partial charge in [0.2, 0.25) is 0 Å². The van der Waals surface area contributed by atoms with E-state index in [1.54, 1.807) is 14.2 Å². The van der Waals surface area contributed by atoms with Gasteiger partial charge in [0, 0.05) is 23.1 Å². The average Bonchev–Trinajstić information content (AvgIpc) is 3.05. The Morgan fingerprint density at radius 2 is 1.70 bits per heavy atom. The van der Waals surface area contributed by atoms with Crippen LogP contribution in [0.4, 0.5) is 0 Å². The summed E-state index contributed by atoms with van der Waals surface area (Å²) in [5.74, 6) is 2.44. The third kappa shape index (κ3) is 4.50. The number of pyridine rings is 1. The molecule has 1 aromatic heterocycles. The van der Waals surface area contributed by atoms with Gasteiger partial charge in [-0.2, -0.15) is 0 Å². The molecule has 3 aromatic rings. The zero-order valence-electron chi connectivity index (χ0n) is 17.6. The van der Waals surface area contributed by atoms with Gasteiger partial charge < -0.3 is 23.7 Å². The van der Waals surface area contributed by atoms with Gasteiger partial charge in [-0.05, 0) is 48.4 Å². The summed E-state index contributed by atoms with van der Waals surface area (Å²) in [5, 5.41) is 1.02. The first kappa shape index (κ1) is 20.4. The van der Waals surface area contributed by atoms with Crippen LogP contribution in [-0.2, 0) is 9.47 Å². The van der Waals surface area contributed by atoms with Crippen molar-refractivity contribution in [3.05, 3.63) is 48.2 Å². The summed E-state index contributed by atoms with van der Waals surface area (Å²) >= 11 is 0. The number of fused-ring (bicyclic) bond motifs is 1. The molecule has 4 rings (SSSR count). The van der Waals surface area contributed by atoms with Crippen LogP contribution < -0.4 is 14.2 Å². The number of aromatic nitrogens is 1. The van der Waals surface area contributed by atoms with Crippen LogP contribution in [0.1, 0.15) is 5.69 Å². The van der Waals surface area contributed by atoms with Gasteiger partial charge in [0.25, 0.3) is 0 Å². The molecule has 30 heavy (non-hydrogen) atoms. The minimum atomic E-state index is 0.205. The predicted molar refractivity (Wildman–Crippen MR) is 116 cm³/mol. The molecule has 0 saturated carbocycles. The van der Waals surface area contributed by atoms with Gasteiger partial charge in [-0.1, -0.05) is 6.07 Å². The molecule has 0 spiro atoms. The average molecular weight is 409 g/mol. The van der Waals surface area contributed by atoms with Gasteiger partial charge in [0.15, 0.2) is 0 Å². The molecule has 0 N–H and O–H groups in total. The van der Waals surface area contributed by atoms with Crippen LogP contribution in [0.2, 0.25) is 0 Å². The van der Waals surface area contributed by atoms with E-state index in [0.29, 0.717) is 33.0 Å². The van der Waals surface area contributed by atoms with Crippen molar-refractivity contribution in [2.45, 2.75) is 6.92 Å². The first-order valence-corrected chi connectivity index (χ1v) is 10.1. The molecule has 6 nitrogen and oxygen atoms in total. The summed E-state index contributed by atoms with van der Waals surface area (Å²) in [7, 11) is 3.32. The Hall–Kier alpha value is -2.83.